The number of nitrogens with one attached hydrogen (secondary N) is 1. The average molecular weight is 339 g/mol. The zero-order chi connectivity index (χ0) is 17.0. The van der Waals surface area contributed by atoms with E-state index in [4.69, 9.17) is 5.73 Å². The van der Waals surface area contributed by atoms with Crippen molar-refractivity contribution in [1.82, 2.24) is 5.32 Å². The van der Waals surface area contributed by atoms with Crippen LogP contribution in [0.5, 0.6) is 0 Å². The van der Waals surface area contributed by atoms with Crippen molar-refractivity contribution < 1.29 is 18.0 Å². The fourth-order valence-corrected chi connectivity index (χ4v) is 1.84. The van der Waals surface area contributed by atoms with E-state index in [1.807, 2.05) is 0 Å². The van der Waals surface area contributed by atoms with E-state index in [9.17, 15) is 18.0 Å². The van der Waals surface area contributed by atoms with Crippen molar-refractivity contribution >= 4 is 17.5 Å². The van der Waals surface area contributed by atoms with Gasteiger partial charge in [-0.25, -0.2) is 0 Å². The Morgan fingerprint density at radius 3 is 2.41 bits per heavy atom. The molecule has 22 heavy (non-hydrogen) atoms. The molecule has 0 aliphatic carbocycles. The molecular weight excluding hydrogens is 317 g/mol. The van der Waals surface area contributed by atoms with Crippen molar-refractivity contribution in [2.24, 2.45) is 5.73 Å². The molecule has 0 aliphatic heterocycles. The lowest BCUT2D eigenvalue weighted by Crippen LogP contribution is -2.24. The largest absolute Gasteiger partial charge is 0.416 e. The number of alkyl halides is 4. The van der Waals surface area contributed by atoms with Crippen LogP contribution in [0.2, 0.25) is 0 Å². The second kappa shape index (κ2) is 11.3. The first-order chi connectivity index (χ1) is 10.4. The summed E-state index contributed by atoms with van der Waals surface area (Å²) < 4.78 is 38.2. The summed E-state index contributed by atoms with van der Waals surface area (Å²) in [5, 5.41) is 2.52. The summed E-state index contributed by atoms with van der Waals surface area (Å²) in [7, 11) is 0. The molecule has 3 nitrogen and oxygen atoms in total. The summed E-state index contributed by atoms with van der Waals surface area (Å²) in [5.74, 6) is -0.237. The third-order valence-electron chi connectivity index (χ3n) is 2.91. The molecule has 0 bridgehead atoms. The maximum Gasteiger partial charge on any atom is 0.416 e. The Morgan fingerprint density at radius 1 is 1.18 bits per heavy atom. The molecule has 1 amide bonds. The van der Waals surface area contributed by atoms with Crippen molar-refractivity contribution in [2.75, 3.05) is 12.9 Å². The second-order valence-corrected chi connectivity index (χ2v) is 4.53. The fourth-order valence-electron chi connectivity index (χ4n) is 1.84. The topological polar surface area (TPSA) is 55.1 Å². The van der Waals surface area contributed by atoms with Gasteiger partial charge in [-0.15, -0.1) is 11.6 Å². The monoisotopic (exact) mass is 338 g/mol. The minimum Gasteiger partial charge on any atom is -0.352 e. The maximum atomic E-state index is 12.7. The van der Waals surface area contributed by atoms with Gasteiger partial charge in [-0.3, -0.25) is 4.79 Å². The van der Waals surface area contributed by atoms with E-state index in [2.05, 4.69) is 16.9 Å². The van der Waals surface area contributed by atoms with Gasteiger partial charge in [-0.1, -0.05) is 24.6 Å². The van der Waals surface area contributed by atoms with Crippen molar-refractivity contribution in [3.8, 4) is 0 Å². The van der Waals surface area contributed by atoms with Crippen LogP contribution in [-0.2, 0) is 17.5 Å². The van der Waals surface area contributed by atoms with Crippen LogP contribution < -0.4 is 11.1 Å². The maximum absolute atomic E-state index is 12.7. The molecule has 0 fully saturated rings. The van der Waals surface area contributed by atoms with Crippen LogP contribution in [0, 0.1) is 0 Å². The van der Waals surface area contributed by atoms with Crippen LogP contribution in [0.4, 0.5) is 13.2 Å². The molecule has 0 heterocycles. The van der Waals surface area contributed by atoms with E-state index < -0.39 is 11.7 Å². The third kappa shape index (κ3) is 8.24. The number of carbonyl (C=O) groups is 1. The van der Waals surface area contributed by atoms with Gasteiger partial charge in [0.25, 0.3) is 0 Å². The van der Waals surface area contributed by atoms with E-state index in [-0.39, 0.29) is 18.0 Å². The molecule has 0 spiro atoms. The number of rotatable bonds is 7. The van der Waals surface area contributed by atoms with Crippen molar-refractivity contribution in [3.05, 3.63) is 35.4 Å². The lowest BCUT2D eigenvalue weighted by atomic mass is 10.1. The predicted molar refractivity (Wildman–Crippen MR) is 82.6 cm³/mol. The first-order valence-corrected chi connectivity index (χ1v) is 7.70. The highest BCUT2D eigenvalue weighted by atomic mass is 35.5. The first-order valence-electron chi connectivity index (χ1n) is 6.95. The summed E-state index contributed by atoms with van der Waals surface area (Å²) in [6.07, 6.45) is -0.214. The lowest BCUT2D eigenvalue weighted by molar-refractivity contribution is -0.138. The molecule has 0 radical (unpaired) electrons. The Balaban J connectivity index is 0.00000211. The molecular formula is C15H22ClF3N2O. The average Bonchev–Trinajstić information content (AvgIpc) is 2.51. The Bertz CT molecular complexity index is 439. The van der Waals surface area contributed by atoms with Crippen LogP contribution in [0.15, 0.2) is 24.3 Å². The van der Waals surface area contributed by atoms with Gasteiger partial charge in [0.05, 0.1) is 5.56 Å². The SMILES string of the molecule is CCl.NCCCCCC(=O)NCc1ccccc1C(F)(F)F. The van der Waals surface area contributed by atoms with Gasteiger partial charge in [0.15, 0.2) is 0 Å². The Hall–Kier alpha value is -1.27. The van der Waals surface area contributed by atoms with Gasteiger partial charge in [-0.05, 0) is 31.0 Å². The van der Waals surface area contributed by atoms with E-state index in [1.54, 1.807) is 0 Å². The number of benzene rings is 1. The van der Waals surface area contributed by atoms with Crippen molar-refractivity contribution in [2.45, 2.75) is 38.4 Å². The molecule has 1 rings (SSSR count). The van der Waals surface area contributed by atoms with Gasteiger partial charge in [-0.2, -0.15) is 13.2 Å². The van der Waals surface area contributed by atoms with Crippen molar-refractivity contribution in [1.29, 1.82) is 0 Å². The molecule has 7 heteroatoms. The first kappa shape index (κ1) is 20.7. The van der Waals surface area contributed by atoms with E-state index in [0.717, 1.165) is 18.9 Å². The van der Waals surface area contributed by atoms with Gasteiger partial charge < -0.3 is 11.1 Å². The highest BCUT2D eigenvalue weighted by Gasteiger charge is 2.32. The quantitative estimate of drug-likeness (QED) is 0.588. The highest BCUT2D eigenvalue weighted by Crippen LogP contribution is 2.31. The second-order valence-electron chi connectivity index (χ2n) is 4.53. The van der Waals surface area contributed by atoms with Crippen molar-refractivity contribution in [3.63, 3.8) is 0 Å². The Kier molecular flexibility index (Phi) is 10.7. The molecule has 0 aliphatic rings. The van der Waals surface area contributed by atoms with Gasteiger partial charge in [0.1, 0.15) is 0 Å². The molecule has 0 saturated heterocycles. The summed E-state index contributed by atoms with van der Waals surface area (Å²) in [4.78, 5) is 11.5. The highest BCUT2D eigenvalue weighted by molar-refractivity contribution is 6.15. The summed E-state index contributed by atoms with van der Waals surface area (Å²) in [5.41, 5.74) is 4.70. The molecule has 1 aromatic rings. The van der Waals surface area contributed by atoms with E-state index in [1.165, 1.54) is 24.6 Å². The van der Waals surface area contributed by atoms with Crippen LogP contribution >= 0.6 is 11.6 Å². The zero-order valence-electron chi connectivity index (χ0n) is 12.5. The number of carbonyl (C=O) groups excluding carboxylic acids is 1. The van der Waals surface area contributed by atoms with E-state index >= 15 is 0 Å². The van der Waals surface area contributed by atoms with Crippen LogP contribution in [0.3, 0.4) is 0 Å². The molecule has 0 unspecified atom stereocenters. The van der Waals surface area contributed by atoms with Crippen LogP contribution in [0.25, 0.3) is 0 Å². The molecule has 0 saturated carbocycles. The summed E-state index contributed by atoms with van der Waals surface area (Å²) in [6.45, 7) is 0.478. The summed E-state index contributed by atoms with van der Waals surface area (Å²) in [6, 6.07) is 5.25. The van der Waals surface area contributed by atoms with E-state index in [0.29, 0.717) is 19.4 Å². The molecule has 0 atom stereocenters. The normalized spacial score (nSPS) is 10.6. The number of amides is 1. The number of hydrogen-bond donors (Lipinski definition) is 2. The summed E-state index contributed by atoms with van der Waals surface area (Å²) >= 11 is 4.64. The Labute approximate surface area is 134 Å². The number of hydrogen-bond acceptors (Lipinski definition) is 2. The number of halogens is 4. The molecule has 1 aromatic carbocycles. The lowest BCUT2D eigenvalue weighted by Gasteiger charge is -2.13. The number of nitrogens with two attached hydrogens (primary N) is 1. The molecule has 126 valence electrons. The minimum absolute atomic E-state index is 0.0790. The Morgan fingerprint density at radius 2 is 1.82 bits per heavy atom. The van der Waals surface area contributed by atoms with Gasteiger partial charge >= 0.3 is 6.18 Å². The fraction of sp³-hybridized carbons (Fsp3) is 0.533. The van der Waals surface area contributed by atoms with Crippen LogP contribution in [-0.4, -0.2) is 18.8 Å². The number of unbranched alkanes of at least 4 members (excludes halogenated alkanes) is 2. The minimum atomic E-state index is -4.40. The smallest absolute Gasteiger partial charge is 0.352 e. The van der Waals surface area contributed by atoms with Gasteiger partial charge in [0.2, 0.25) is 5.91 Å². The third-order valence-corrected chi connectivity index (χ3v) is 2.91. The van der Waals surface area contributed by atoms with Gasteiger partial charge in [0, 0.05) is 19.3 Å². The standard InChI is InChI=1S/C14H19F3N2O.CH3Cl/c15-14(16,17)12-7-4-3-6-11(12)10-19-13(20)8-2-1-5-9-18;1-2/h3-4,6-7H,1-2,5,8-10,18H2,(H,19,20);1H3. The molecule has 0 aromatic heterocycles. The molecule has 3 N–H and O–H groups in total. The van der Waals surface area contributed by atoms with Crippen LogP contribution in [0.1, 0.15) is 36.8 Å². The zero-order valence-corrected chi connectivity index (χ0v) is 13.3. The predicted octanol–water partition coefficient (Wildman–Crippen LogP) is 3.70.